The molecular formula is C9H14N4O2. The van der Waals surface area contributed by atoms with Gasteiger partial charge in [0.05, 0.1) is 6.10 Å². The molecule has 1 amide bonds. The summed E-state index contributed by atoms with van der Waals surface area (Å²) in [4.78, 5) is 17.1. The summed E-state index contributed by atoms with van der Waals surface area (Å²) in [6.45, 7) is 0.663. The van der Waals surface area contributed by atoms with Crippen molar-refractivity contribution in [2.24, 2.45) is 5.92 Å². The fraction of sp³-hybridized carbons (Fsp3) is 0.667. The largest absolute Gasteiger partial charge is 0.393 e. The number of hydrogen-bond acceptors (Lipinski definition) is 4. The van der Waals surface area contributed by atoms with Crippen LogP contribution in [-0.4, -0.2) is 50.8 Å². The molecule has 2 N–H and O–H groups in total. The lowest BCUT2D eigenvalue weighted by atomic mass is 9.82. The molecule has 0 saturated heterocycles. The highest BCUT2D eigenvalue weighted by Crippen LogP contribution is 2.27. The first kappa shape index (κ1) is 10.1. The molecule has 0 aliphatic heterocycles. The number of aromatic amines is 1. The maximum atomic E-state index is 11.7. The molecule has 0 spiro atoms. The van der Waals surface area contributed by atoms with E-state index in [9.17, 15) is 4.79 Å². The van der Waals surface area contributed by atoms with Gasteiger partial charge in [-0.2, -0.15) is 5.10 Å². The Hall–Kier alpha value is -1.43. The second kappa shape index (κ2) is 3.98. The highest BCUT2D eigenvalue weighted by Gasteiger charge is 2.29. The summed E-state index contributed by atoms with van der Waals surface area (Å²) in [5, 5.41) is 15.3. The summed E-state index contributed by atoms with van der Waals surface area (Å²) in [7, 11) is 1.73. The lowest BCUT2D eigenvalue weighted by molar-refractivity contribution is 0.0262. The van der Waals surface area contributed by atoms with Crippen LogP contribution in [0.5, 0.6) is 0 Å². The number of aliphatic hydroxyl groups excluding tert-OH is 1. The van der Waals surface area contributed by atoms with Crippen molar-refractivity contribution in [3.8, 4) is 0 Å². The zero-order valence-electron chi connectivity index (χ0n) is 8.55. The van der Waals surface area contributed by atoms with Gasteiger partial charge in [-0.05, 0) is 18.8 Å². The number of carbonyl (C=O) groups excluding carboxylic acids is 1. The molecule has 0 unspecified atom stereocenters. The summed E-state index contributed by atoms with van der Waals surface area (Å²) in [5.74, 6) is 0.517. The lowest BCUT2D eigenvalue weighted by Crippen LogP contribution is -2.39. The van der Waals surface area contributed by atoms with E-state index in [-0.39, 0.29) is 17.8 Å². The lowest BCUT2D eigenvalue weighted by Gasteiger charge is -2.34. The molecule has 0 bridgehead atoms. The van der Waals surface area contributed by atoms with E-state index in [0.29, 0.717) is 12.5 Å². The molecule has 1 aliphatic carbocycles. The number of hydrogen-bond donors (Lipinski definition) is 2. The number of aromatic nitrogens is 3. The van der Waals surface area contributed by atoms with Crippen LogP contribution in [0.25, 0.3) is 0 Å². The Kier molecular flexibility index (Phi) is 2.68. The third-order valence-electron chi connectivity index (χ3n) is 2.71. The van der Waals surface area contributed by atoms with Gasteiger partial charge in [0.25, 0.3) is 5.91 Å². The molecule has 0 aromatic carbocycles. The first-order valence-electron chi connectivity index (χ1n) is 4.95. The van der Waals surface area contributed by atoms with Gasteiger partial charge in [-0.3, -0.25) is 9.89 Å². The Morgan fingerprint density at radius 1 is 1.73 bits per heavy atom. The Morgan fingerprint density at radius 3 is 3.00 bits per heavy atom. The van der Waals surface area contributed by atoms with Crippen molar-refractivity contribution in [1.29, 1.82) is 0 Å². The summed E-state index contributed by atoms with van der Waals surface area (Å²) >= 11 is 0. The molecule has 0 radical (unpaired) electrons. The van der Waals surface area contributed by atoms with E-state index in [4.69, 9.17) is 5.11 Å². The molecule has 0 atom stereocenters. The van der Waals surface area contributed by atoms with Gasteiger partial charge in [0.15, 0.2) is 0 Å². The van der Waals surface area contributed by atoms with Crippen molar-refractivity contribution in [1.82, 2.24) is 20.1 Å². The van der Waals surface area contributed by atoms with Gasteiger partial charge in [0, 0.05) is 13.6 Å². The van der Waals surface area contributed by atoms with Gasteiger partial charge in [0.1, 0.15) is 6.33 Å². The van der Waals surface area contributed by atoms with E-state index in [2.05, 4.69) is 15.2 Å². The Labute approximate surface area is 87.3 Å². The number of carbonyl (C=O) groups is 1. The van der Waals surface area contributed by atoms with Crippen LogP contribution >= 0.6 is 0 Å². The van der Waals surface area contributed by atoms with Gasteiger partial charge < -0.3 is 10.0 Å². The minimum Gasteiger partial charge on any atom is -0.393 e. The van der Waals surface area contributed by atoms with E-state index < -0.39 is 0 Å². The number of amides is 1. The topological polar surface area (TPSA) is 82.1 Å². The Morgan fingerprint density at radius 2 is 2.47 bits per heavy atom. The standard InChI is InChI=1S/C9H14N4O2/c1-13(4-6-2-7(14)3-6)9(15)8-10-5-11-12-8/h5-7,14H,2-4H2,1H3,(H,10,11,12). The number of aliphatic hydroxyl groups is 1. The molecule has 15 heavy (non-hydrogen) atoms. The van der Waals surface area contributed by atoms with Crippen molar-refractivity contribution >= 4 is 5.91 Å². The van der Waals surface area contributed by atoms with E-state index in [0.717, 1.165) is 12.8 Å². The quantitative estimate of drug-likeness (QED) is 0.714. The molecule has 6 nitrogen and oxygen atoms in total. The van der Waals surface area contributed by atoms with Crippen LogP contribution in [0.3, 0.4) is 0 Å². The summed E-state index contributed by atoms with van der Waals surface area (Å²) in [6, 6.07) is 0. The van der Waals surface area contributed by atoms with Gasteiger partial charge in [-0.1, -0.05) is 0 Å². The smallest absolute Gasteiger partial charge is 0.290 e. The SMILES string of the molecule is CN(CC1CC(O)C1)C(=O)c1ncn[nH]1. The van der Waals surface area contributed by atoms with E-state index in [1.54, 1.807) is 11.9 Å². The van der Waals surface area contributed by atoms with Crippen LogP contribution < -0.4 is 0 Å². The van der Waals surface area contributed by atoms with Crippen LogP contribution in [0.4, 0.5) is 0 Å². The molecule has 1 heterocycles. The summed E-state index contributed by atoms with van der Waals surface area (Å²) < 4.78 is 0. The molecule has 1 saturated carbocycles. The van der Waals surface area contributed by atoms with Crippen LogP contribution in [0, 0.1) is 5.92 Å². The van der Waals surface area contributed by atoms with Crippen molar-refractivity contribution in [3.63, 3.8) is 0 Å². The zero-order chi connectivity index (χ0) is 10.8. The fourth-order valence-electron chi connectivity index (χ4n) is 1.81. The maximum Gasteiger partial charge on any atom is 0.290 e. The third kappa shape index (κ3) is 2.15. The maximum absolute atomic E-state index is 11.7. The average molecular weight is 210 g/mol. The average Bonchev–Trinajstić information content (AvgIpc) is 2.66. The number of rotatable bonds is 3. The minimum absolute atomic E-state index is 0.158. The second-order valence-corrected chi connectivity index (χ2v) is 4.01. The van der Waals surface area contributed by atoms with E-state index in [1.807, 2.05) is 0 Å². The predicted molar refractivity (Wildman–Crippen MR) is 52.1 cm³/mol. The molecule has 1 aromatic rings. The van der Waals surface area contributed by atoms with Gasteiger partial charge in [0.2, 0.25) is 5.82 Å². The Balaban J connectivity index is 1.86. The van der Waals surface area contributed by atoms with Crippen molar-refractivity contribution < 1.29 is 9.90 Å². The first-order chi connectivity index (χ1) is 7.16. The molecular weight excluding hydrogens is 196 g/mol. The molecule has 1 aliphatic rings. The minimum atomic E-state index is -0.177. The predicted octanol–water partition coefficient (Wildman–Crippen LogP) is -0.352. The van der Waals surface area contributed by atoms with Crippen LogP contribution in [0.15, 0.2) is 6.33 Å². The Bertz CT molecular complexity index is 332. The molecule has 2 rings (SSSR count). The van der Waals surface area contributed by atoms with Gasteiger partial charge in [-0.25, -0.2) is 4.98 Å². The summed E-state index contributed by atoms with van der Waals surface area (Å²) in [6.07, 6.45) is 2.71. The molecule has 6 heteroatoms. The monoisotopic (exact) mass is 210 g/mol. The van der Waals surface area contributed by atoms with Gasteiger partial charge >= 0.3 is 0 Å². The van der Waals surface area contributed by atoms with Crippen molar-refractivity contribution in [2.45, 2.75) is 18.9 Å². The van der Waals surface area contributed by atoms with E-state index in [1.165, 1.54) is 6.33 Å². The third-order valence-corrected chi connectivity index (χ3v) is 2.71. The number of nitrogens with zero attached hydrogens (tertiary/aromatic N) is 3. The molecule has 1 fully saturated rings. The van der Waals surface area contributed by atoms with Crippen molar-refractivity contribution in [2.75, 3.05) is 13.6 Å². The molecule has 82 valence electrons. The molecule has 1 aromatic heterocycles. The highest BCUT2D eigenvalue weighted by atomic mass is 16.3. The normalized spacial score (nSPS) is 24.7. The summed E-state index contributed by atoms with van der Waals surface area (Å²) in [5.41, 5.74) is 0. The highest BCUT2D eigenvalue weighted by molar-refractivity contribution is 5.90. The number of H-pyrrole nitrogens is 1. The van der Waals surface area contributed by atoms with E-state index >= 15 is 0 Å². The van der Waals surface area contributed by atoms with Crippen molar-refractivity contribution in [3.05, 3.63) is 12.2 Å². The second-order valence-electron chi connectivity index (χ2n) is 4.01. The van der Waals surface area contributed by atoms with Gasteiger partial charge in [-0.15, -0.1) is 0 Å². The zero-order valence-corrected chi connectivity index (χ0v) is 8.55. The first-order valence-corrected chi connectivity index (χ1v) is 4.95. The van der Waals surface area contributed by atoms with Crippen LogP contribution in [0.2, 0.25) is 0 Å². The fourth-order valence-corrected chi connectivity index (χ4v) is 1.81. The number of nitrogens with one attached hydrogen (secondary N) is 1. The van der Waals surface area contributed by atoms with Crippen LogP contribution in [-0.2, 0) is 0 Å². The van der Waals surface area contributed by atoms with Crippen LogP contribution in [0.1, 0.15) is 23.5 Å².